The number of carbonyl (C=O) groups excluding carboxylic acids is 5. The Labute approximate surface area is 177 Å². The molecule has 0 spiro atoms. The van der Waals surface area contributed by atoms with E-state index in [4.69, 9.17) is 4.74 Å². The minimum atomic E-state index is -1.27. The molecule has 2 aromatic carbocycles. The van der Waals surface area contributed by atoms with Crippen LogP contribution in [0.25, 0.3) is 0 Å². The molecule has 1 aliphatic rings. The summed E-state index contributed by atoms with van der Waals surface area (Å²) in [5, 5.41) is 2.38. The van der Waals surface area contributed by atoms with E-state index < -0.39 is 47.9 Å². The number of carbonyl (C=O) groups is 5. The summed E-state index contributed by atoms with van der Waals surface area (Å²) in [6.07, 6.45) is 0. The summed E-state index contributed by atoms with van der Waals surface area (Å²) >= 11 is 0. The largest absolute Gasteiger partial charge is 0.456 e. The molecule has 2 aromatic rings. The molecule has 0 saturated carbocycles. The Balaban J connectivity index is 1.66. The van der Waals surface area contributed by atoms with E-state index in [1.807, 2.05) is 0 Å². The molecule has 9 heteroatoms. The summed E-state index contributed by atoms with van der Waals surface area (Å²) in [6.45, 7) is 3.56. The SMILES string of the molecule is CC(=O)Nc1ccc(C(=O)COC(=O)C(C)N2C(=O)c3ccc(C)cc3C2=O)c(F)c1. The molecule has 1 heterocycles. The van der Waals surface area contributed by atoms with E-state index in [9.17, 15) is 28.4 Å². The first kappa shape index (κ1) is 21.8. The maximum absolute atomic E-state index is 14.2. The van der Waals surface area contributed by atoms with Crippen molar-refractivity contribution < 1.29 is 33.1 Å². The summed E-state index contributed by atoms with van der Waals surface area (Å²) < 4.78 is 19.1. The van der Waals surface area contributed by atoms with E-state index in [1.165, 1.54) is 26.0 Å². The Hall–Kier alpha value is -3.88. The zero-order chi connectivity index (χ0) is 22.9. The van der Waals surface area contributed by atoms with E-state index in [1.54, 1.807) is 19.1 Å². The quantitative estimate of drug-likeness (QED) is 0.432. The average molecular weight is 426 g/mol. The van der Waals surface area contributed by atoms with Crippen LogP contribution in [0.15, 0.2) is 36.4 Å². The highest BCUT2D eigenvalue weighted by Crippen LogP contribution is 2.26. The Morgan fingerprint density at radius 2 is 1.74 bits per heavy atom. The molecule has 31 heavy (non-hydrogen) atoms. The second-order valence-corrected chi connectivity index (χ2v) is 7.11. The molecular formula is C22H19FN2O6. The lowest BCUT2D eigenvalue weighted by molar-refractivity contribution is -0.146. The number of hydrogen-bond acceptors (Lipinski definition) is 6. The number of esters is 1. The fraction of sp³-hybridized carbons (Fsp3) is 0.227. The summed E-state index contributed by atoms with van der Waals surface area (Å²) in [6, 6.07) is 6.95. The number of nitrogens with one attached hydrogen (secondary N) is 1. The van der Waals surface area contributed by atoms with Crippen LogP contribution >= 0.6 is 0 Å². The third-order valence-corrected chi connectivity index (χ3v) is 4.74. The molecule has 1 aliphatic heterocycles. The van der Waals surface area contributed by atoms with E-state index in [0.29, 0.717) is 0 Å². The number of anilines is 1. The van der Waals surface area contributed by atoms with Crippen LogP contribution in [0, 0.1) is 12.7 Å². The molecule has 3 amide bonds. The average Bonchev–Trinajstić information content (AvgIpc) is 2.94. The van der Waals surface area contributed by atoms with Crippen LogP contribution < -0.4 is 5.32 Å². The third kappa shape index (κ3) is 4.35. The predicted molar refractivity (Wildman–Crippen MR) is 107 cm³/mol. The van der Waals surface area contributed by atoms with Gasteiger partial charge in [-0.25, -0.2) is 9.18 Å². The van der Waals surface area contributed by atoms with Gasteiger partial charge < -0.3 is 10.1 Å². The summed E-state index contributed by atoms with van der Waals surface area (Å²) in [5.41, 5.74) is 1.02. The Bertz CT molecular complexity index is 1130. The highest BCUT2D eigenvalue weighted by molar-refractivity contribution is 6.22. The molecule has 1 N–H and O–H groups in total. The number of amides is 3. The van der Waals surface area contributed by atoms with Crippen molar-refractivity contribution in [2.75, 3.05) is 11.9 Å². The monoisotopic (exact) mass is 426 g/mol. The second-order valence-electron chi connectivity index (χ2n) is 7.11. The Morgan fingerprint density at radius 3 is 2.39 bits per heavy atom. The number of nitrogens with zero attached hydrogens (tertiary/aromatic N) is 1. The molecule has 0 saturated heterocycles. The number of imide groups is 1. The predicted octanol–water partition coefficient (Wildman–Crippen LogP) is 2.50. The van der Waals surface area contributed by atoms with Crippen LogP contribution in [0.5, 0.6) is 0 Å². The van der Waals surface area contributed by atoms with Gasteiger partial charge in [0.1, 0.15) is 11.9 Å². The first-order chi connectivity index (χ1) is 14.6. The zero-order valence-corrected chi connectivity index (χ0v) is 17.0. The number of rotatable bonds is 6. The number of ketones is 1. The molecule has 0 aromatic heterocycles. The number of halogens is 1. The third-order valence-electron chi connectivity index (χ3n) is 4.74. The lowest BCUT2D eigenvalue weighted by atomic mass is 10.1. The number of hydrogen-bond donors (Lipinski definition) is 1. The maximum atomic E-state index is 14.2. The molecule has 3 rings (SSSR count). The van der Waals surface area contributed by atoms with Gasteiger partial charge in [-0.05, 0) is 44.2 Å². The van der Waals surface area contributed by atoms with E-state index in [0.717, 1.165) is 22.6 Å². The van der Waals surface area contributed by atoms with E-state index in [2.05, 4.69) is 5.32 Å². The van der Waals surface area contributed by atoms with Gasteiger partial charge in [0.05, 0.1) is 16.7 Å². The molecule has 1 unspecified atom stereocenters. The maximum Gasteiger partial charge on any atom is 0.329 e. The molecule has 8 nitrogen and oxygen atoms in total. The van der Waals surface area contributed by atoms with Crippen molar-refractivity contribution in [3.05, 3.63) is 64.5 Å². The van der Waals surface area contributed by atoms with Gasteiger partial charge in [-0.1, -0.05) is 11.6 Å². The van der Waals surface area contributed by atoms with Crippen LogP contribution in [0.3, 0.4) is 0 Å². The fourth-order valence-electron chi connectivity index (χ4n) is 3.19. The standard InChI is InChI=1S/C22H19FN2O6/c1-11-4-6-15-17(8-11)21(29)25(20(15)28)12(2)22(30)31-10-19(27)16-7-5-14(9-18(16)23)24-13(3)26/h4-9,12H,10H2,1-3H3,(H,24,26). The lowest BCUT2D eigenvalue weighted by Crippen LogP contribution is -2.44. The lowest BCUT2D eigenvalue weighted by Gasteiger charge is -2.20. The smallest absolute Gasteiger partial charge is 0.329 e. The molecule has 1 atom stereocenters. The zero-order valence-electron chi connectivity index (χ0n) is 17.0. The van der Waals surface area contributed by atoms with Crippen molar-refractivity contribution in [1.82, 2.24) is 4.90 Å². The van der Waals surface area contributed by atoms with Crippen molar-refractivity contribution in [3.63, 3.8) is 0 Å². The normalized spacial score (nSPS) is 13.6. The van der Waals surface area contributed by atoms with Crippen LogP contribution in [0.4, 0.5) is 10.1 Å². The van der Waals surface area contributed by atoms with Crippen LogP contribution in [-0.4, -0.2) is 47.0 Å². The van der Waals surface area contributed by atoms with Gasteiger partial charge in [0, 0.05) is 12.6 Å². The van der Waals surface area contributed by atoms with Gasteiger partial charge >= 0.3 is 5.97 Å². The topological polar surface area (TPSA) is 110 Å². The minimum Gasteiger partial charge on any atom is -0.456 e. The highest BCUT2D eigenvalue weighted by atomic mass is 19.1. The number of aryl methyl sites for hydroxylation is 1. The van der Waals surface area contributed by atoms with Gasteiger partial charge in [0.25, 0.3) is 11.8 Å². The van der Waals surface area contributed by atoms with Crippen molar-refractivity contribution in [2.45, 2.75) is 26.8 Å². The van der Waals surface area contributed by atoms with Crippen LogP contribution in [0.1, 0.15) is 50.5 Å². The van der Waals surface area contributed by atoms with Crippen molar-refractivity contribution in [2.24, 2.45) is 0 Å². The molecular weight excluding hydrogens is 407 g/mol. The van der Waals surface area contributed by atoms with Gasteiger partial charge in [0.15, 0.2) is 6.61 Å². The van der Waals surface area contributed by atoms with E-state index in [-0.39, 0.29) is 22.4 Å². The van der Waals surface area contributed by atoms with Gasteiger partial charge in [-0.2, -0.15) is 0 Å². The molecule has 160 valence electrons. The summed E-state index contributed by atoms with van der Waals surface area (Å²) in [5.74, 6) is -4.34. The van der Waals surface area contributed by atoms with Crippen LogP contribution in [0.2, 0.25) is 0 Å². The molecule has 0 aliphatic carbocycles. The number of Topliss-reactive ketones (excluding diaryl/α,β-unsaturated/α-hetero) is 1. The van der Waals surface area contributed by atoms with Gasteiger partial charge in [-0.15, -0.1) is 0 Å². The minimum absolute atomic E-state index is 0.174. The summed E-state index contributed by atoms with van der Waals surface area (Å²) in [4.78, 5) is 61.5. The Morgan fingerprint density at radius 1 is 1.06 bits per heavy atom. The molecule has 0 bridgehead atoms. The highest BCUT2D eigenvalue weighted by Gasteiger charge is 2.41. The molecule has 0 fully saturated rings. The van der Waals surface area contributed by atoms with Crippen molar-refractivity contribution >= 4 is 35.2 Å². The number of fused-ring (bicyclic) bond motifs is 1. The molecule has 0 radical (unpaired) electrons. The Kier molecular flexibility index (Phi) is 5.96. The van der Waals surface area contributed by atoms with Crippen LogP contribution in [-0.2, 0) is 14.3 Å². The first-order valence-corrected chi connectivity index (χ1v) is 9.35. The van der Waals surface area contributed by atoms with Gasteiger partial charge in [0.2, 0.25) is 11.7 Å². The fourth-order valence-corrected chi connectivity index (χ4v) is 3.19. The van der Waals surface area contributed by atoms with Crippen molar-refractivity contribution in [3.8, 4) is 0 Å². The second kappa shape index (κ2) is 8.47. The van der Waals surface area contributed by atoms with E-state index >= 15 is 0 Å². The first-order valence-electron chi connectivity index (χ1n) is 9.35. The summed E-state index contributed by atoms with van der Waals surface area (Å²) in [7, 11) is 0. The van der Waals surface area contributed by atoms with Crippen molar-refractivity contribution in [1.29, 1.82) is 0 Å². The van der Waals surface area contributed by atoms with Gasteiger partial charge in [-0.3, -0.25) is 24.1 Å². The number of ether oxygens (including phenoxy) is 1. The number of benzene rings is 2.